The van der Waals surface area contributed by atoms with Gasteiger partial charge in [0.15, 0.2) is 0 Å². The highest BCUT2D eigenvalue weighted by molar-refractivity contribution is 7.13. The molecule has 1 heterocycles. The number of benzene rings is 1. The number of carboxylic acids is 1. The summed E-state index contributed by atoms with van der Waals surface area (Å²) < 4.78 is 0. The fourth-order valence-electron chi connectivity index (χ4n) is 1.88. The average molecular weight is 288 g/mol. The molecule has 104 valence electrons. The monoisotopic (exact) mass is 288 g/mol. The third-order valence-corrected chi connectivity index (χ3v) is 3.64. The minimum atomic E-state index is -0.842. The Balaban J connectivity index is 2.08. The number of aromatic nitrogens is 1. The number of hydrogen-bond acceptors (Lipinski definition) is 4. The summed E-state index contributed by atoms with van der Waals surface area (Å²) in [6, 6.07) is 9.95. The summed E-state index contributed by atoms with van der Waals surface area (Å²) in [7, 11) is 0. The van der Waals surface area contributed by atoms with Crippen LogP contribution < -0.4 is 0 Å². The molecule has 0 atom stereocenters. The van der Waals surface area contributed by atoms with Gasteiger partial charge in [-0.25, -0.2) is 4.98 Å². The predicted octanol–water partition coefficient (Wildman–Crippen LogP) is 2.88. The predicted molar refractivity (Wildman–Crippen MR) is 80.7 cm³/mol. The van der Waals surface area contributed by atoms with E-state index in [1.807, 2.05) is 35.7 Å². The van der Waals surface area contributed by atoms with Gasteiger partial charge in [0.25, 0.3) is 0 Å². The van der Waals surface area contributed by atoms with E-state index in [0.717, 1.165) is 16.3 Å². The van der Waals surface area contributed by atoms with Crippen molar-refractivity contribution in [3.05, 3.63) is 54.1 Å². The molecular weight excluding hydrogens is 272 g/mol. The van der Waals surface area contributed by atoms with Crippen molar-refractivity contribution in [2.45, 2.75) is 6.54 Å². The lowest BCUT2D eigenvalue weighted by atomic mass is 10.2. The Hall–Kier alpha value is -1.98. The molecule has 0 aliphatic carbocycles. The van der Waals surface area contributed by atoms with Crippen molar-refractivity contribution < 1.29 is 9.90 Å². The smallest absolute Gasteiger partial charge is 0.317 e. The Morgan fingerprint density at radius 3 is 2.80 bits per heavy atom. The molecule has 1 aromatic heterocycles. The Morgan fingerprint density at radius 1 is 1.40 bits per heavy atom. The topological polar surface area (TPSA) is 53.4 Å². The quantitative estimate of drug-likeness (QED) is 0.796. The largest absolute Gasteiger partial charge is 0.480 e. The van der Waals surface area contributed by atoms with Crippen LogP contribution in [0.25, 0.3) is 10.6 Å². The number of carboxylic acid groups (broad SMARTS) is 1. The van der Waals surface area contributed by atoms with E-state index in [2.05, 4.69) is 11.6 Å². The third-order valence-electron chi connectivity index (χ3n) is 2.70. The Morgan fingerprint density at radius 2 is 2.15 bits per heavy atom. The molecule has 0 spiro atoms. The molecule has 0 aliphatic heterocycles. The molecular formula is C15H16N2O2S. The van der Waals surface area contributed by atoms with E-state index in [-0.39, 0.29) is 6.54 Å². The van der Waals surface area contributed by atoms with Gasteiger partial charge < -0.3 is 5.11 Å². The first-order valence-electron chi connectivity index (χ1n) is 6.24. The summed E-state index contributed by atoms with van der Waals surface area (Å²) in [4.78, 5) is 17.2. The number of thiazole rings is 1. The summed E-state index contributed by atoms with van der Waals surface area (Å²) >= 11 is 1.57. The van der Waals surface area contributed by atoms with Gasteiger partial charge in [-0.05, 0) is 0 Å². The van der Waals surface area contributed by atoms with E-state index < -0.39 is 5.97 Å². The minimum Gasteiger partial charge on any atom is -0.480 e. The lowest BCUT2D eigenvalue weighted by Gasteiger charge is -2.16. The normalized spacial score (nSPS) is 10.7. The van der Waals surface area contributed by atoms with Crippen molar-refractivity contribution >= 4 is 17.3 Å². The van der Waals surface area contributed by atoms with Crippen molar-refractivity contribution in [3.8, 4) is 10.6 Å². The first kappa shape index (κ1) is 14.4. The molecule has 1 N–H and O–H groups in total. The van der Waals surface area contributed by atoms with Crippen molar-refractivity contribution in [2.75, 3.05) is 13.1 Å². The second-order valence-corrected chi connectivity index (χ2v) is 5.22. The maximum Gasteiger partial charge on any atom is 0.317 e. The lowest BCUT2D eigenvalue weighted by molar-refractivity contribution is -0.138. The van der Waals surface area contributed by atoms with Gasteiger partial charge in [0.1, 0.15) is 5.01 Å². The van der Waals surface area contributed by atoms with Crippen LogP contribution in [-0.4, -0.2) is 34.0 Å². The highest BCUT2D eigenvalue weighted by Gasteiger charge is 2.11. The first-order valence-corrected chi connectivity index (χ1v) is 7.12. The van der Waals surface area contributed by atoms with E-state index in [1.54, 1.807) is 22.3 Å². The average Bonchev–Trinajstić information content (AvgIpc) is 2.88. The van der Waals surface area contributed by atoms with Crippen molar-refractivity contribution in [3.63, 3.8) is 0 Å². The highest BCUT2D eigenvalue weighted by atomic mass is 32.1. The Labute approximate surface area is 122 Å². The molecule has 2 rings (SSSR count). The van der Waals surface area contributed by atoms with Gasteiger partial charge in [-0.1, -0.05) is 36.4 Å². The molecule has 0 unspecified atom stereocenters. The third kappa shape index (κ3) is 4.01. The summed E-state index contributed by atoms with van der Waals surface area (Å²) in [5.41, 5.74) is 1.97. The summed E-state index contributed by atoms with van der Waals surface area (Å²) in [5, 5.41) is 11.8. The molecule has 0 saturated heterocycles. The van der Waals surface area contributed by atoms with Crippen molar-refractivity contribution in [1.82, 2.24) is 9.88 Å². The van der Waals surface area contributed by atoms with Gasteiger partial charge in [0, 0.05) is 24.0 Å². The maximum atomic E-state index is 10.8. The van der Waals surface area contributed by atoms with E-state index in [1.165, 1.54) is 0 Å². The van der Waals surface area contributed by atoms with Crippen LogP contribution in [0.15, 0.2) is 48.4 Å². The Bertz CT molecular complexity index is 581. The SMILES string of the molecule is C=CCN(CC(=O)O)Cc1csc(-c2ccccc2)n1. The molecule has 2 aromatic rings. The molecule has 0 radical (unpaired) electrons. The molecule has 0 fully saturated rings. The standard InChI is InChI=1S/C15H16N2O2S/c1-2-8-17(10-14(18)19)9-13-11-20-15(16-13)12-6-4-3-5-7-12/h2-7,11H,1,8-10H2,(H,18,19). The van der Waals surface area contributed by atoms with Crippen LogP contribution in [0.5, 0.6) is 0 Å². The van der Waals surface area contributed by atoms with Gasteiger partial charge in [0.05, 0.1) is 12.2 Å². The second kappa shape index (κ2) is 6.98. The van der Waals surface area contributed by atoms with Crippen molar-refractivity contribution in [2.24, 2.45) is 0 Å². The zero-order valence-corrected chi connectivity index (χ0v) is 11.8. The second-order valence-electron chi connectivity index (χ2n) is 4.36. The van der Waals surface area contributed by atoms with Crippen LogP contribution in [0.4, 0.5) is 0 Å². The van der Waals surface area contributed by atoms with Gasteiger partial charge in [-0.15, -0.1) is 17.9 Å². The van der Waals surface area contributed by atoms with Crippen LogP contribution in [0.2, 0.25) is 0 Å². The lowest BCUT2D eigenvalue weighted by Crippen LogP contribution is -2.29. The van der Waals surface area contributed by atoms with Crippen LogP contribution in [0, 0.1) is 0 Å². The minimum absolute atomic E-state index is 0.00971. The zero-order valence-electron chi connectivity index (χ0n) is 11.0. The zero-order chi connectivity index (χ0) is 14.4. The summed E-state index contributed by atoms with van der Waals surface area (Å²) in [5.74, 6) is -0.842. The molecule has 20 heavy (non-hydrogen) atoms. The number of aliphatic carboxylic acids is 1. The van der Waals surface area contributed by atoms with Gasteiger partial charge in [-0.2, -0.15) is 0 Å². The molecule has 0 amide bonds. The molecule has 0 bridgehead atoms. The number of rotatable bonds is 7. The molecule has 0 saturated carbocycles. The van der Waals surface area contributed by atoms with Crippen LogP contribution in [-0.2, 0) is 11.3 Å². The van der Waals surface area contributed by atoms with Gasteiger partial charge in [0.2, 0.25) is 0 Å². The van der Waals surface area contributed by atoms with Crippen LogP contribution >= 0.6 is 11.3 Å². The summed E-state index contributed by atoms with van der Waals surface area (Å²) in [6.45, 7) is 4.69. The van der Waals surface area contributed by atoms with Gasteiger partial charge >= 0.3 is 5.97 Å². The van der Waals surface area contributed by atoms with E-state index >= 15 is 0 Å². The summed E-state index contributed by atoms with van der Waals surface area (Å²) in [6.07, 6.45) is 1.70. The maximum absolute atomic E-state index is 10.8. The number of hydrogen-bond donors (Lipinski definition) is 1. The van der Waals surface area contributed by atoms with Gasteiger partial charge in [-0.3, -0.25) is 9.69 Å². The van der Waals surface area contributed by atoms with Crippen LogP contribution in [0.3, 0.4) is 0 Å². The molecule has 4 nitrogen and oxygen atoms in total. The number of nitrogens with zero attached hydrogens (tertiary/aromatic N) is 2. The van der Waals surface area contributed by atoms with E-state index in [0.29, 0.717) is 13.1 Å². The van der Waals surface area contributed by atoms with Crippen LogP contribution in [0.1, 0.15) is 5.69 Å². The Kier molecular flexibility index (Phi) is 5.03. The number of carbonyl (C=O) groups is 1. The fourth-order valence-corrected chi connectivity index (χ4v) is 2.70. The molecule has 5 heteroatoms. The molecule has 0 aliphatic rings. The van der Waals surface area contributed by atoms with Crippen molar-refractivity contribution in [1.29, 1.82) is 0 Å². The first-order chi connectivity index (χ1) is 9.69. The molecule has 1 aromatic carbocycles. The van der Waals surface area contributed by atoms with E-state index in [4.69, 9.17) is 5.11 Å². The van der Waals surface area contributed by atoms with E-state index in [9.17, 15) is 4.79 Å². The fraction of sp³-hybridized carbons (Fsp3) is 0.200. The highest BCUT2D eigenvalue weighted by Crippen LogP contribution is 2.23.